The summed E-state index contributed by atoms with van der Waals surface area (Å²) in [5.74, 6) is -2.17. The first-order chi connectivity index (χ1) is 8.73. The zero-order valence-electron chi connectivity index (χ0n) is 10.8. The van der Waals surface area contributed by atoms with E-state index in [2.05, 4.69) is 23.5 Å². The van der Waals surface area contributed by atoms with Crippen LogP contribution in [0, 0.1) is 0 Å². The van der Waals surface area contributed by atoms with Gasteiger partial charge in [0.1, 0.15) is 0 Å². The summed E-state index contributed by atoms with van der Waals surface area (Å²) in [4.78, 5) is 19.3. The molecule has 1 atom stereocenters. The summed E-state index contributed by atoms with van der Waals surface area (Å²) in [7, 11) is 0. The minimum absolute atomic E-state index is 0.759. The van der Waals surface area contributed by atoms with E-state index in [1.54, 1.807) is 3.07 Å². The summed E-state index contributed by atoms with van der Waals surface area (Å²) in [5, 5.41) is 21.3. The van der Waals surface area contributed by atoms with Crippen molar-refractivity contribution >= 4 is 32.5 Å². The molecule has 1 aromatic carbocycles. The van der Waals surface area contributed by atoms with Crippen LogP contribution >= 0.6 is 11.8 Å². The fraction of sp³-hybridized carbons (Fsp3) is 0.273. The van der Waals surface area contributed by atoms with Gasteiger partial charge in [-0.25, -0.2) is 0 Å². The van der Waals surface area contributed by atoms with Crippen LogP contribution in [0.1, 0.15) is 13.8 Å². The molecular formula is C11H11Hg2NO4S. The Labute approximate surface area is 148 Å². The molecule has 0 fully saturated rings. The Bertz CT molecular complexity index is 436. The van der Waals surface area contributed by atoms with Gasteiger partial charge < -0.3 is 19.8 Å². The molecule has 0 amide bonds. The van der Waals surface area contributed by atoms with Crippen LogP contribution < -0.4 is 18.6 Å². The normalized spacial score (nSPS) is 14.9. The third-order valence-electron chi connectivity index (χ3n) is 1.69. The van der Waals surface area contributed by atoms with Crippen LogP contribution in [0.15, 0.2) is 23.1 Å². The Balaban J connectivity index is 0.000000342. The third-order valence-corrected chi connectivity index (χ3v) is 7.71. The zero-order valence-corrected chi connectivity index (χ0v) is 22.6. The van der Waals surface area contributed by atoms with Crippen LogP contribution in [0.2, 0.25) is 0 Å². The van der Waals surface area contributed by atoms with Crippen molar-refractivity contribution < 1.29 is 72.0 Å². The second-order valence-electron chi connectivity index (χ2n) is 3.52. The standard InChI is InChI=1S/C7H5NS.2C2H4O2.2Hg/c1-2-4-7-6(3-1)8-5-9-7;2*1-2(3)4;;/h1-2,4-5,8H;2*1H3,(H,3,4);;/q;;;2*+1/p-2. The first-order valence-electron chi connectivity index (χ1n) is 5.30. The molecular weight excluding hydrogens is 643 g/mol. The van der Waals surface area contributed by atoms with Crippen LogP contribution in [0.4, 0.5) is 5.69 Å². The molecule has 94 valence electrons. The molecule has 0 bridgehead atoms. The van der Waals surface area contributed by atoms with Gasteiger partial charge in [0.05, 0.1) is 0 Å². The number of carbonyl (C=O) groups is 2. The Morgan fingerprint density at radius 1 is 1.26 bits per heavy atom. The van der Waals surface area contributed by atoms with Gasteiger partial charge >= 0.3 is 104 Å². The predicted octanol–water partition coefficient (Wildman–Crippen LogP) is -1.28. The van der Waals surface area contributed by atoms with E-state index in [-0.39, 0.29) is 0 Å². The number of carbonyl (C=O) groups excluding carboxylic acids is 2. The number of nitrogens with one attached hydrogen (secondary N) is 1. The number of fused-ring (bicyclic) bond motifs is 1. The van der Waals surface area contributed by atoms with Gasteiger partial charge in [-0.3, -0.25) is 0 Å². The fourth-order valence-corrected chi connectivity index (χ4v) is 7.18. The monoisotopic (exact) mass is 657 g/mol. The second kappa shape index (κ2) is 9.99. The van der Waals surface area contributed by atoms with Crippen molar-refractivity contribution in [3.63, 3.8) is 0 Å². The van der Waals surface area contributed by atoms with E-state index in [9.17, 15) is 0 Å². The molecule has 0 saturated heterocycles. The van der Waals surface area contributed by atoms with Gasteiger partial charge in [0, 0.05) is 11.9 Å². The fourth-order valence-electron chi connectivity index (χ4n) is 1.18. The first-order valence-corrected chi connectivity index (χ1v) is 12.1. The summed E-state index contributed by atoms with van der Waals surface area (Å²) >= 11 is 3.61. The summed E-state index contributed by atoms with van der Waals surface area (Å²) in [6.07, 6.45) is 0. The number of hydrogen-bond acceptors (Lipinski definition) is 6. The van der Waals surface area contributed by atoms with Crippen LogP contribution in [0.25, 0.3) is 0 Å². The molecule has 2 rings (SSSR count). The molecule has 1 aliphatic rings. The molecule has 1 unspecified atom stereocenters. The van der Waals surface area contributed by atoms with Gasteiger partial charge in [-0.15, -0.1) is 0 Å². The van der Waals surface area contributed by atoms with Crippen LogP contribution in [-0.2, 0) is 61.8 Å². The van der Waals surface area contributed by atoms with Crippen molar-refractivity contribution in [1.82, 2.24) is 0 Å². The van der Waals surface area contributed by atoms with Crippen molar-refractivity contribution in [2.24, 2.45) is 0 Å². The Morgan fingerprint density at radius 2 is 1.74 bits per heavy atom. The third kappa shape index (κ3) is 9.67. The summed E-state index contributed by atoms with van der Waals surface area (Å²) in [6.45, 7) is 1.94. The molecule has 8 heteroatoms. The molecule has 19 heavy (non-hydrogen) atoms. The van der Waals surface area contributed by atoms with Gasteiger partial charge in [0.15, 0.2) is 0 Å². The van der Waals surface area contributed by atoms with E-state index in [0.29, 0.717) is 0 Å². The minimum atomic E-state index is -1.08. The van der Waals surface area contributed by atoms with Crippen molar-refractivity contribution in [3.8, 4) is 0 Å². The molecule has 1 N–H and O–H groups in total. The SMILES string of the molecule is CC(=O)[O-].CC(=O)[O-].[Hg+][c]1cccc2c1N[CH]([Hg+])S2. The maximum atomic E-state index is 8.89. The predicted molar refractivity (Wildman–Crippen MR) is 60.7 cm³/mol. The number of carboxylic acid groups (broad SMARTS) is 2. The average molecular weight is 654 g/mol. The van der Waals surface area contributed by atoms with E-state index in [0.717, 1.165) is 69.0 Å². The van der Waals surface area contributed by atoms with E-state index < -0.39 is 11.9 Å². The molecule has 1 aliphatic heterocycles. The molecule has 0 saturated carbocycles. The number of aliphatic carboxylic acids is 2. The molecule has 0 aliphatic carbocycles. The molecule has 1 aromatic rings. The van der Waals surface area contributed by atoms with Crippen molar-refractivity contribution in [2.45, 2.75) is 21.6 Å². The topological polar surface area (TPSA) is 92.3 Å². The second-order valence-corrected chi connectivity index (χ2v) is 13.2. The van der Waals surface area contributed by atoms with E-state index in [4.69, 9.17) is 19.8 Å². The first kappa shape index (κ1) is 19.2. The summed E-state index contributed by atoms with van der Waals surface area (Å²) < 4.78 is 2.33. The van der Waals surface area contributed by atoms with Crippen LogP contribution in [-0.4, -0.2) is 14.8 Å². The van der Waals surface area contributed by atoms with Crippen molar-refractivity contribution in [2.75, 3.05) is 5.32 Å². The van der Waals surface area contributed by atoms with Crippen LogP contribution in [0.3, 0.4) is 0 Å². The van der Waals surface area contributed by atoms with E-state index in [1.807, 2.05) is 11.8 Å². The number of thioether (sulfide) groups is 1. The molecule has 0 spiro atoms. The molecule has 1 heterocycles. The number of para-hydroxylation sites is 1. The van der Waals surface area contributed by atoms with E-state index >= 15 is 0 Å². The molecule has 5 nitrogen and oxygen atoms in total. The van der Waals surface area contributed by atoms with Gasteiger partial charge in [-0.2, -0.15) is 0 Å². The molecule has 0 aromatic heterocycles. The maximum absolute atomic E-state index is 8.89. The van der Waals surface area contributed by atoms with Gasteiger partial charge in [0.25, 0.3) is 0 Å². The summed E-state index contributed by atoms with van der Waals surface area (Å²) in [6, 6.07) is 6.67. The van der Waals surface area contributed by atoms with Crippen molar-refractivity contribution in [1.29, 1.82) is 0 Å². The number of anilines is 1. The zero-order chi connectivity index (χ0) is 15.0. The Kier molecular flexibility index (Phi) is 10.1. The van der Waals surface area contributed by atoms with Gasteiger partial charge in [-0.05, 0) is 13.8 Å². The quantitative estimate of drug-likeness (QED) is 0.351. The van der Waals surface area contributed by atoms with Gasteiger partial charge in [-0.1, -0.05) is 0 Å². The van der Waals surface area contributed by atoms with Crippen molar-refractivity contribution in [3.05, 3.63) is 18.2 Å². The van der Waals surface area contributed by atoms with E-state index in [1.165, 1.54) is 10.6 Å². The Morgan fingerprint density at radius 3 is 2.16 bits per heavy atom. The van der Waals surface area contributed by atoms with Gasteiger partial charge in [0.2, 0.25) is 0 Å². The average Bonchev–Trinajstić information content (AvgIpc) is 2.58. The van der Waals surface area contributed by atoms with Crippen LogP contribution in [0.5, 0.6) is 0 Å². The number of carboxylic acids is 2. The number of hydrogen-bond donors (Lipinski definition) is 1. The summed E-state index contributed by atoms with van der Waals surface area (Å²) in [5.41, 5.74) is 1.46. The number of rotatable bonds is 0. The number of benzene rings is 1. The Hall–Kier alpha value is 0.180. The molecule has 0 radical (unpaired) electrons.